The molecule has 0 amide bonds. The summed E-state index contributed by atoms with van der Waals surface area (Å²) in [6.07, 6.45) is 0. The number of nitrogens with one attached hydrogen (secondary N) is 1. The van der Waals surface area contributed by atoms with Gasteiger partial charge in [-0.2, -0.15) is 5.26 Å². The van der Waals surface area contributed by atoms with Gasteiger partial charge in [0.1, 0.15) is 0 Å². The van der Waals surface area contributed by atoms with E-state index in [1.807, 2.05) is 51.1 Å². The third-order valence-electron chi connectivity index (χ3n) is 5.41. The fourth-order valence-corrected chi connectivity index (χ4v) is 4.73. The molecule has 0 unspecified atom stereocenters. The van der Waals surface area contributed by atoms with Crippen molar-refractivity contribution >= 4 is 34.9 Å². The van der Waals surface area contributed by atoms with Crippen LogP contribution < -0.4 is 5.32 Å². The molecule has 0 saturated heterocycles. The van der Waals surface area contributed by atoms with Crippen LogP contribution in [0.2, 0.25) is 5.02 Å². The highest BCUT2D eigenvalue weighted by Gasteiger charge is 2.33. The summed E-state index contributed by atoms with van der Waals surface area (Å²) < 4.78 is 0. The number of thioether (sulfide) groups is 1. The van der Waals surface area contributed by atoms with E-state index in [-0.39, 0.29) is 17.3 Å². The fourth-order valence-electron chi connectivity index (χ4n) is 3.62. The maximum Gasteiger partial charge on any atom is 0.173 e. The average molecular weight is 451 g/mol. The van der Waals surface area contributed by atoms with Crippen molar-refractivity contribution in [1.29, 1.82) is 5.26 Å². The quantitative estimate of drug-likeness (QED) is 0.558. The maximum atomic E-state index is 12.8. The number of benzene rings is 2. The molecule has 4 nitrogen and oxygen atoms in total. The number of Topliss-reactive ketones (excluding diaryl/α,β-unsaturated/α-hetero) is 2. The van der Waals surface area contributed by atoms with Crippen LogP contribution in [0.5, 0.6) is 0 Å². The van der Waals surface area contributed by atoms with Crippen molar-refractivity contribution in [2.45, 2.75) is 33.6 Å². The molecule has 0 spiro atoms. The Balaban J connectivity index is 1.94. The lowest BCUT2D eigenvalue weighted by atomic mass is 9.81. The lowest BCUT2D eigenvalue weighted by molar-refractivity contribution is -0.113. The van der Waals surface area contributed by atoms with Gasteiger partial charge in [0.05, 0.1) is 28.3 Å². The van der Waals surface area contributed by atoms with Gasteiger partial charge in [0, 0.05) is 21.9 Å². The van der Waals surface area contributed by atoms with Gasteiger partial charge in [-0.15, -0.1) is 0 Å². The van der Waals surface area contributed by atoms with Crippen molar-refractivity contribution in [3.8, 4) is 6.07 Å². The molecule has 1 N–H and O–H groups in total. The molecule has 1 aliphatic heterocycles. The zero-order valence-electron chi connectivity index (χ0n) is 17.9. The van der Waals surface area contributed by atoms with Crippen molar-refractivity contribution < 1.29 is 9.59 Å². The van der Waals surface area contributed by atoms with Crippen LogP contribution in [-0.2, 0) is 4.79 Å². The average Bonchev–Trinajstić information content (AvgIpc) is 2.73. The van der Waals surface area contributed by atoms with Crippen molar-refractivity contribution in [3.05, 3.63) is 91.6 Å². The summed E-state index contributed by atoms with van der Waals surface area (Å²) in [4.78, 5) is 25.2. The first kappa shape index (κ1) is 22.9. The lowest BCUT2D eigenvalue weighted by Gasteiger charge is -2.29. The van der Waals surface area contributed by atoms with Crippen LogP contribution in [0, 0.1) is 25.2 Å². The highest BCUT2D eigenvalue weighted by molar-refractivity contribution is 8.03. The molecule has 0 aromatic heterocycles. The SMILES string of the molecule is CC(=O)C1=C(C)NC(SCC(=O)c2ccc(C)c(C)c2)=C(C#N)[C@@H]1c1ccc(Cl)cc1. The number of rotatable bonds is 6. The van der Waals surface area contributed by atoms with E-state index in [2.05, 4.69) is 11.4 Å². The highest BCUT2D eigenvalue weighted by atomic mass is 35.5. The molecule has 0 saturated carbocycles. The Morgan fingerprint density at radius 3 is 2.35 bits per heavy atom. The van der Waals surface area contributed by atoms with E-state index in [1.54, 1.807) is 12.1 Å². The first-order chi connectivity index (χ1) is 14.7. The highest BCUT2D eigenvalue weighted by Crippen LogP contribution is 2.41. The van der Waals surface area contributed by atoms with Crippen molar-refractivity contribution in [2.75, 3.05) is 5.75 Å². The number of dihydropyridines is 1. The topological polar surface area (TPSA) is 70.0 Å². The molecular formula is C25H23ClN2O2S. The third kappa shape index (κ3) is 4.92. The molecule has 0 bridgehead atoms. The van der Waals surface area contributed by atoms with Crippen molar-refractivity contribution in [3.63, 3.8) is 0 Å². The molecule has 3 rings (SSSR count). The number of halogens is 1. The minimum absolute atomic E-state index is 0.0123. The number of hydrogen-bond acceptors (Lipinski definition) is 5. The summed E-state index contributed by atoms with van der Waals surface area (Å²) in [7, 11) is 0. The molecule has 0 radical (unpaired) electrons. The zero-order valence-corrected chi connectivity index (χ0v) is 19.4. The molecule has 31 heavy (non-hydrogen) atoms. The summed E-state index contributed by atoms with van der Waals surface area (Å²) in [5.74, 6) is -0.429. The Labute approximate surface area is 192 Å². The molecule has 2 aromatic carbocycles. The molecule has 0 fully saturated rings. The largest absolute Gasteiger partial charge is 0.353 e. The van der Waals surface area contributed by atoms with Crippen LogP contribution in [0.15, 0.2) is 64.3 Å². The van der Waals surface area contributed by atoms with Crippen LogP contribution >= 0.6 is 23.4 Å². The standard InChI is InChI=1S/C25H23ClN2O2S/c1-14-5-6-19(11-15(14)2)22(30)13-31-25-21(12-27)24(18-7-9-20(26)10-8-18)23(17(4)29)16(3)28-25/h5-11,24,28H,13H2,1-4H3/t24-/m0/s1. The van der Waals surface area contributed by atoms with Gasteiger partial charge in [0.15, 0.2) is 11.6 Å². The Bertz CT molecular complexity index is 1160. The second-order valence-electron chi connectivity index (χ2n) is 7.57. The molecule has 158 valence electrons. The smallest absolute Gasteiger partial charge is 0.173 e. The fraction of sp³-hybridized carbons (Fsp3) is 0.240. The van der Waals surface area contributed by atoms with Gasteiger partial charge in [0.2, 0.25) is 0 Å². The Morgan fingerprint density at radius 1 is 1.10 bits per heavy atom. The normalized spacial score (nSPS) is 16.1. The summed E-state index contributed by atoms with van der Waals surface area (Å²) in [5.41, 5.74) is 5.32. The molecule has 1 heterocycles. The van der Waals surface area contributed by atoms with E-state index in [9.17, 15) is 14.9 Å². The van der Waals surface area contributed by atoms with E-state index < -0.39 is 5.92 Å². The maximum absolute atomic E-state index is 12.8. The minimum Gasteiger partial charge on any atom is -0.353 e. The third-order valence-corrected chi connectivity index (χ3v) is 6.68. The second-order valence-corrected chi connectivity index (χ2v) is 8.99. The van der Waals surface area contributed by atoms with Crippen LogP contribution in [0.25, 0.3) is 0 Å². The van der Waals surface area contributed by atoms with Crippen molar-refractivity contribution in [1.82, 2.24) is 5.32 Å². The van der Waals surface area contributed by atoms with E-state index in [1.165, 1.54) is 18.7 Å². The van der Waals surface area contributed by atoms with Crippen molar-refractivity contribution in [2.24, 2.45) is 0 Å². The predicted molar refractivity (Wildman–Crippen MR) is 126 cm³/mol. The first-order valence-corrected chi connectivity index (χ1v) is 11.2. The number of aryl methyl sites for hydroxylation is 2. The van der Waals surface area contributed by atoms with Gasteiger partial charge in [-0.05, 0) is 62.6 Å². The summed E-state index contributed by atoms with van der Waals surface area (Å²) in [6, 6.07) is 15.1. The molecule has 2 aromatic rings. The van der Waals surface area contributed by atoms with Gasteiger partial charge in [-0.25, -0.2) is 0 Å². The Hall–Kier alpha value is -2.81. The first-order valence-electron chi connectivity index (χ1n) is 9.84. The number of nitrogens with zero attached hydrogens (tertiary/aromatic N) is 1. The second kappa shape index (κ2) is 9.55. The van der Waals surface area contributed by atoms with Crippen LogP contribution in [-0.4, -0.2) is 17.3 Å². The van der Waals surface area contributed by atoms with E-state index in [4.69, 9.17) is 11.6 Å². The van der Waals surface area contributed by atoms with Gasteiger partial charge in [-0.1, -0.05) is 47.6 Å². The molecule has 1 aliphatic rings. The molecule has 0 aliphatic carbocycles. The number of nitriles is 1. The van der Waals surface area contributed by atoms with E-state index in [0.717, 1.165) is 16.7 Å². The van der Waals surface area contributed by atoms with Crippen LogP contribution in [0.3, 0.4) is 0 Å². The summed E-state index contributed by atoms with van der Waals surface area (Å²) >= 11 is 7.32. The van der Waals surface area contributed by atoms with Gasteiger partial charge in [0.25, 0.3) is 0 Å². The number of carbonyl (C=O) groups excluding carboxylic acids is 2. The predicted octanol–water partition coefficient (Wildman–Crippen LogP) is 5.86. The van der Waals surface area contributed by atoms with Crippen LogP contribution in [0.4, 0.5) is 0 Å². The van der Waals surface area contributed by atoms with Gasteiger partial charge >= 0.3 is 0 Å². The van der Waals surface area contributed by atoms with Gasteiger partial charge in [-0.3, -0.25) is 9.59 Å². The zero-order chi connectivity index (χ0) is 22.7. The number of carbonyl (C=O) groups is 2. The Morgan fingerprint density at radius 2 is 1.77 bits per heavy atom. The molecule has 6 heteroatoms. The lowest BCUT2D eigenvalue weighted by Crippen LogP contribution is -2.27. The summed E-state index contributed by atoms with van der Waals surface area (Å²) in [6.45, 7) is 7.30. The monoisotopic (exact) mass is 450 g/mol. The summed E-state index contributed by atoms with van der Waals surface area (Å²) in [5, 5.41) is 14.3. The number of hydrogen-bond donors (Lipinski definition) is 1. The molecule has 1 atom stereocenters. The minimum atomic E-state index is -0.500. The molecular weight excluding hydrogens is 428 g/mol. The van der Waals surface area contributed by atoms with Gasteiger partial charge < -0.3 is 5.32 Å². The van der Waals surface area contributed by atoms with E-state index >= 15 is 0 Å². The van der Waals surface area contributed by atoms with Crippen LogP contribution in [0.1, 0.15) is 46.8 Å². The van der Waals surface area contributed by atoms with E-state index in [0.29, 0.717) is 32.5 Å². The number of ketones is 2. The Kier molecular flexibility index (Phi) is 7.04. The number of allylic oxidation sites excluding steroid dienone is 3.